The van der Waals surface area contributed by atoms with Crippen LogP contribution in [0, 0.1) is 6.92 Å². The summed E-state index contributed by atoms with van der Waals surface area (Å²) in [7, 11) is 0. The fourth-order valence-corrected chi connectivity index (χ4v) is 1.41. The first-order valence-corrected chi connectivity index (χ1v) is 4.16. The van der Waals surface area contributed by atoms with Gasteiger partial charge in [0.2, 0.25) is 0 Å². The first kappa shape index (κ1) is 7.97. The molecule has 0 aliphatic rings. The number of H-pyrrole nitrogens is 1. The van der Waals surface area contributed by atoms with Crippen LogP contribution in [0.3, 0.4) is 0 Å². The smallest absolute Gasteiger partial charge is 0.277 e. The maximum absolute atomic E-state index is 11.4. The summed E-state index contributed by atoms with van der Waals surface area (Å²) >= 11 is 0. The fourth-order valence-electron chi connectivity index (χ4n) is 1.41. The zero-order valence-corrected chi connectivity index (χ0v) is 7.53. The summed E-state index contributed by atoms with van der Waals surface area (Å²) in [6.07, 6.45) is 2.12. The van der Waals surface area contributed by atoms with Crippen molar-refractivity contribution in [1.82, 2.24) is 19.6 Å². The predicted molar refractivity (Wildman–Crippen MR) is 47.7 cm³/mol. The van der Waals surface area contributed by atoms with Gasteiger partial charge in [-0.2, -0.15) is 5.10 Å². The highest BCUT2D eigenvalue weighted by atomic mass is 16.1. The molecule has 0 aliphatic heterocycles. The maximum Gasteiger partial charge on any atom is 0.277 e. The Balaban J connectivity index is 2.97. The van der Waals surface area contributed by atoms with Gasteiger partial charge in [0, 0.05) is 0 Å². The van der Waals surface area contributed by atoms with Crippen molar-refractivity contribution < 1.29 is 0 Å². The molecule has 13 heavy (non-hydrogen) atoms. The van der Waals surface area contributed by atoms with E-state index in [-0.39, 0.29) is 5.56 Å². The minimum absolute atomic E-state index is 0.132. The molecule has 2 rings (SSSR count). The van der Waals surface area contributed by atoms with E-state index in [1.54, 1.807) is 4.52 Å². The van der Waals surface area contributed by atoms with Gasteiger partial charge in [0.15, 0.2) is 5.52 Å². The van der Waals surface area contributed by atoms with Crippen molar-refractivity contribution in [3.63, 3.8) is 0 Å². The monoisotopic (exact) mass is 178 g/mol. The Morgan fingerprint density at radius 3 is 3.08 bits per heavy atom. The van der Waals surface area contributed by atoms with Crippen molar-refractivity contribution in [3.05, 3.63) is 28.2 Å². The molecule has 0 radical (unpaired) electrons. The molecule has 0 bridgehead atoms. The number of rotatable bonds is 1. The zero-order valence-electron chi connectivity index (χ0n) is 7.53. The molecule has 5 nitrogen and oxygen atoms in total. The number of hydrogen-bond acceptors (Lipinski definition) is 3. The lowest BCUT2D eigenvalue weighted by atomic mass is 10.3. The molecule has 2 heterocycles. The van der Waals surface area contributed by atoms with E-state index in [1.807, 2.05) is 13.8 Å². The van der Waals surface area contributed by atoms with Crippen LogP contribution in [0.4, 0.5) is 0 Å². The lowest BCUT2D eigenvalue weighted by molar-refractivity contribution is 0.842. The molecule has 2 aromatic heterocycles. The molecule has 0 spiro atoms. The van der Waals surface area contributed by atoms with Crippen LogP contribution in [-0.2, 0) is 6.42 Å². The number of nitrogens with zero attached hydrogens (tertiary/aromatic N) is 3. The average Bonchev–Trinajstić information content (AvgIpc) is 2.45. The third-order valence-corrected chi connectivity index (χ3v) is 2.01. The number of fused-ring (bicyclic) bond motifs is 1. The fraction of sp³-hybridized carbons (Fsp3) is 0.375. The van der Waals surface area contributed by atoms with E-state index < -0.39 is 0 Å². The second-order valence-corrected chi connectivity index (χ2v) is 2.84. The summed E-state index contributed by atoms with van der Waals surface area (Å²) < 4.78 is 1.57. The highest BCUT2D eigenvalue weighted by Gasteiger charge is 2.09. The van der Waals surface area contributed by atoms with E-state index in [0.717, 1.165) is 17.9 Å². The van der Waals surface area contributed by atoms with Crippen molar-refractivity contribution in [1.29, 1.82) is 0 Å². The van der Waals surface area contributed by atoms with Crippen molar-refractivity contribution in [2.24, 2.45) is 0 Å². The Hall–Kier alpha value is -1.65. The molecule has 0 aromatic carbocycles. The normalized spacial score (nSPS) is 10.9. The van der Waals surface area contributed by atoms with E-state index >= 15 is 0 Å². The molecule has 2 aromatic rings. The number of aromatic nitrogens is 4. The summed E-state index contributed by atoms with van der Waals surface area (Å²) in [6.45, 7) is 3.80. The Labute approximate surface area is 74.4 Å². The Bertz CT molecular complexity index is 496. The minimum Gasteiger partial charge on any atom is -0.310 e. The SMILES string of the molecule is CCc1nc(C)n2nc[nH]c(=O)c12. The number of aryl methyl sites for hydroxylation is 2. The van der Waals surface area contributed by atoms with Crippen molar-refractivity contribution in [3.8, 4) is 0 Å². The average molecular weight is 178 g/mol. The summed E-state index contributed by atoms with van der Waals surface area (Å²) in [5.74, 6) is 0.748. The van der Waals surface area contributed by atoms with Crippen LogP contribution in [0.2, 0.25) is 0 Å². The summed E-state index contributed by atoms with van der Waals surface area (Å²) in [6, 6.07) is 0. The zero-order chi connectivity index (χ0) is 9.42. The molecule has 1 N–H and O–H groups in total. The molecule has 0 amide bonds. The van der Waals surface area contributed by atoms with Crippen molar-refractivity contribution >= 4 is 5.52 Å². The third-order valence-electron chi connectivity index (χ3n) is 2.01. The topological polar surface area (TPSA) is 63.1 Å². The number of nitrogens with one attached hydrogen (secondary N) is 1. The summed E-state index contributed by atoms with van der Waals surface area (Å²) in [5, 5.41) is 4.01. The van der Waals surface area contributed by atoms with Gasteiger partial charge in [-0.3, -0.25) is 4.79 Å². The predicted octanol–water partition coefficient (Wildman–Crippen LogP) is 0.288. The van der Waals surface area contributed by atoms with Gasteiger partial charge in [0.25, 0.3) is 5.56 Å². The van der Waals surface area contributed by atoms with Gasteiger partial charge in [-0.25, -0.2) is 9.50 Å². The van der Waals surface area contributed by atoms with E-state index in [0.29, 0.717) is 5.52 Å². The van der Waals surface area contributed by atoms with Gasteiger partial charge in [0.05, 0.1) is 5.69 Å². The quantitative estimate of drug-likeness (QED) is 0.682. The van der Waals surface area contributed by atoms with Gasteiger partial charge in [-0.05, 0) is 13.3 Å². The molecule has 0 saturated heterocycles. The Morgan fingerprint density at radius 1 is 1.62 bits per heavy atom. The number of aromatic amines is 1. The van der Waals surface area contributed by atoms with Crippen LogP contribution in [0.5, 0.6) is 0 Å². The second-order valence-electron chi connectivity index (χ2n) is 2.84. The van der Waals surface area contributed by atoms with Gasteiger partial charge in [-0.15, -0.1) is 0 Å². The van der Waals surface area contributed by atoms with E-state index in [4.69, 9.17) is 0 Å². The molecule has 0 atom stereocenters. The molecule has 0 unspecified atom stereocenters. The maximum atomic E-state index is 11.4. The van der Waals surface area contributed by atoms with Gasteiger partial charge >= 0.3 is 0 Å². The highest BCUT2D eigenvalue weighted by Crippen LogP contribution is 2.06. The van der Waals surface area contributed by atoms with E-state index in [9.17, 15) is 4.79 Å². The lowest BCUT2D eigenvalue weighted by Gasteiger charge is -1.92. The molecule has 5 heteroatoms. The van der Waals surface area contributed by atoms with Gasteiger partial charge in [-0.1, -0.05) is 6.92 Å². The lowest BCUT2D eigenvalue weighted by Crippen LogP contribution is -2.12. The Morgan fingerprint density at radius 2 is 2.38 bits per heavy atom. The number of hydrogen-bond donors (Lipinski definition) is 1. The van der Waals surface area contributed by atoms with Crippen LogP contribution in [0.25, 0.3) is 5.52 Å². The van der Waals surface area contributed by atoms with Crippen LogP contribution in [-0.4, -0.2) is 19.6 Å². The Kier molecular flexibility index (Phi) is 1.65. The first-order chi connectivity index (χ1) is 6.24. The van der Waals surface area contributed by atoms with Crippen LogP contribution < -0.4 is 5.56 Å². The van der Waals surface area contributed by atoms with E-state index in [2.05, 4.69) is 15.1 Å². The highest BCUT2D eigenvalue weighted by molar-refractivity contribution is 5.49. The summed E-state index contributed by atoms with van der Waals surface area (Å²) in [5.41, 5.74) is 1.22. The van der Waals surface area contributed by atoms with Crippen molar-refractivity contribution in [2.45, 2.75) is 20.3 Å². The van der Waals surface area contributed by atoms with Crippen LogP contribution in [0.1, 0.15) is 18.4 Å². The molecular formula is C8H10N4O. The van der Waals surface area contributed by atoms with Gasteiger partial charge < -0.3 is 4.98 Å². The summed E-state index contributed by atoms with van der Waals surface area (Å²) in [4.78, 5) is 18.2. The molecule has 68 valence electrons. The molecular weight excluding hydrogens is 168 g/mol. The van der Waals surface area contributed by atoms with E-state index in [1.165, 1.54) is 6.33 Å². The van der Waals surface area contributed by atoms with Crippen LogP contribution >= 0.6 is 0 Å². The molecule has 0 saturated carbocycles. The molecule has 0 aliphatic carbocycles. The number of imidazole rings is 1. The largest absolute Gasteiger partial charge is 0.310 e. The second kappa shape index (κ2) is 2.69. The first-order valence-electron chi connectivity index (χ1n) is 4.16. The van der Waals surface area contributed by atoms with Gasteiger partial charge in [0.1, 0.15) is 12.2 Å². The van der Waals surface area contributed by atoms with Crippen LogP contribution in [0.15, 0.2) is 11.1 Å². The standard InChI is InChI=1S/C8H10N4O/c1-3-6-7-8(13)9-4-10-12(7)5(2)11-6/h4H,3H2,1-2H3,(H,9,10,13). The van der Waals surface area contributed by atoms with Crippen molar-refractivity contribution in [2.75, 3.05) is 0 Å². The third kappa shape index (κ3) is 1.04. The molecule has 0 fully saturated rings. The minimum atomic E-state index is -0.132.